The summed E-state index contributed by atoms with van der Waals surface area (Å²) in [6.45, 7) is 4.51. The maximum absolute atomic E-state index is 14.2. The fourth-order valence-corrected chi connectivity index (χ4v) is 2.87. The Morgan fingerprint density at radius 1 is 1.35 bits per heavy atom. The van der Waals surface area contributed by atoms with Crippen molar-refractivity contribution in [1.82, 2.24) is 15.7 Å². The van der Waals surface area contributed by atoms with Crippen LogP contribution in [-0.4, -0.2) is 53.1 Å². The lowest BCUT2D eigenvalue weighted by atomic mass is 9.94. The third-order valence-electron chi connectivity index (χ3n) is 4.09. The summed E-state index contributed by atoms with van der Waals surface area (Å²) < 4.78 is 14.2. The second kappa shape index (κ2) is 9.44. The van der Waals surface area contributed by atoms with Crippen LogP contribution in [0.5, 0.6) is 0 Å². The number of carbonyl (C=O) groups is 3. The van der Waals surface area contributed by atoms with Crippen LogP contribution < -0.4 is 10.8 Å². The number of carbonyl (C=O) groups excluding carboxylic acids is 3. The predicted molar refractivity (Wildman–Crippen MR) is 81.3 cm³/mol. The van der Waals surface area contributed by atoms with Gasteiger partial charge >= 0.3 is 0 Å². The molecule has 23 heavy (non-hydrogen) atoms. The van der Waals surface area contributed by atoms with E-state index in [4.69, 9.17) is 5.21 Å². The number of alkyl halides is 1. The predicted octanol–water partition coefficient (Wildman–Crippen LogP) is 0.763. The summed E-state index contributed by atoms with van der Waals surface area (Å²) in [6, 6.07) is -0.615. The quantitative estimate of drug-likeness (QED) is 0.452. The number of halogens is 1. The highest BCUT2D eigenvalue weighted by Gasteiger charge is 2.41. The standard InChI is InChI=1S/C15H26FN3O4/c1-3-5-7-10(12(16)14(21)18-23)15(22)19-9-6-8-11(19)13(20)17-4-2/h10-12,23H,3-9H2,1-2H3,(H,17,20)(H,18,21). The summed E-state index contributed by atoms with van der Waals surface area (Å²) in [5.41, 5.74) is 1.26. The van der Waals surface area contributed by atoms with Gasteiger partial charge in [0.25, 0.3) is 5.91 Å². The van der Waals surface area contributed by atoms with E-state index < -0.39 is 29.9 Å². The van der Waals surface area contributed by atoms with Crippen molar-refractivity contribution < 1.29 is 24.0 Å². The van der Waals surface area contributed by atoms with Gasteiger partial charge in [-0.15, -0.1) is 0 Å². The minimum Gasteiger partial charge on any atom is -0.355 e. The first-order valence-electron chi connectivity index (χ1n) is 8.14. The highest BCUT2D eigenvalue weighted by atomic mass is 19.1. The van der Waals surface area contributed by atoms with E-state index in [9.17, 15) is 18.8 Å². The van der Waals surface area contributed by atoms with E-state index in [1.165, 1.54) is 10.4 Å². The number of likely N-dealkylation sites (tertiary alicyclic amines) is 1. The van der Waals surface area contributed by atoms with Gasteiger partial charge in [0.1, 0.15) is 6.04 Å². The normalized spacial score (nSPS) is 20.0. The highest BCUT2D eigenvalue weighted by molar-refractivity contribution is 5.92. The van der Waals surface area contributed by atoms with E-state index in [1.807, 2.05) is 6.92 Å². The van der Waals surface area contributed by atoms with Crippen LogP contribution in [-0.2, 0) is 14.4 Å². The zero-order valence-electron chi connectivity index (χ0n) is 13.7. The lowest BCUT2D eigenvalue weighted by Crippen LogP contribution is -2.50. The molecule has 1 saturated heterocycles. The van der Waals surface area contributed by atoms with Gasteiger partial charge in [0.15, 0.2) is 6.17 Å². The summed E-state index contributed by atoms with van der Waals surface area (Å²) >= 11 is 0. The maximum Gasteiger partial charge on any atom is 0.278 e. The molecule has 0 spiro atoms. The average Bonchev–Trinajstić information content (AvgIpc) is 3.03. The second-order valence-corrected chi connectivity index (χ2v) is 5.71. The molecular weight excluding hydrogens is 305 g/mol. The van der Waals surface area contributed by atoms with Crippen molar-refractivity contribution in [3.05, 3.63) is 0 Å². The van der Waals surface area contributed by atoms with Gasteiger partial charge in [0.05, 0.1) is 5.92 Å². The van der Waals surface area contributed by atoms with Crippen LogP contribution in [0.15, 0.2) is 0 Å². The van der Waals surface area contributed by atoms with Crippen LogP contribution in [0, 0.1) is 5.92 Å². The molecule has 0 aromatic heterocycles. The molecule has 3 unspecified atom stereocenters. The molecular formula is C15H26FN3O4. The van der Waals surface area contributed by atoms with Gasteiger partial charge in [0.2, 0.25) is 11.8 Å². The molecule has 1 heterocycles. The minimum atomic E-state index is -2.13. The van der Waals surface area contributed by atoms with Gasteiger partial charge < -0.3 is 10.2 Å². The van der Waals surface area contributed by atoms with Gasteiger partial charge in [-0.25, -0.2) is 9.87 Å². The monoisotopic (exact) mass is 331 g/mol. The van der Waals surface area contributed by atoms with E-state index in [1.54, 1.807) is 6.92 Å². The van der Waals surface area contributed by atoms with Gasteiger partial charge in [-0.3, -0.25) is 19.6 Å². The molecule has 1 aliphatic heterocycles. The maximum atomic E-state index is 14.2. The van der Waals surface area contributed by atoms with Gasteiger partial charge in [-0.1, -0.05) is 19.8 Å². The topological polar surface area (TPSA) is 98.7 Å². The Balaban J connectivity index is 2.89. The van der Waals surface area contributed by atoms with Crippen molar-refractivity contribution in [3.8, 4) is 0 Å². The number of hydrogen-bond donors (Lipinski definition) is 3. The number of amides is 3. The molecule has 3 N–H and O–H groups in total. The molecule has 8 heteroatoms. The van der Waals surface area contributed by atoms with Crippen molar-refractivity contribution >= 4 is 17.7 Å². The molecule has 3 amide bonds. The van der Waals surface area contributed by atoms with E-state index >= 15 is 0 Å². The molecule has 0 bridgehead atoms. The van der Waals surface area contributed by atoms with Crippen LogP contribution in [0.3, 0.4) is 0 Å². The highest BCUT2D eigenvalue weighted by Crippen LogP contribution is 2.25. The molecule has 1 aliphatic rings. The van der Waals surface area contributed by atoms with Crippen LogP contribution in [0.1, 0.15) is 46.0 Å². The van der Waals surface area contributed by atoms with Crippen LogP contribution in [0.4, 0.5) is 4.39 Å². The third kappa shape index (κ3) is 4.89. The van der Waals surface area contributed by atoms with Gasteiger partial charge in [-0.05, 0) is 26.2 Å². The Morgan fingerprint density at radius 2 is 2.04 bits per heavy atom. The number of likely N-dealkylation sites (N-methyl/N-ethyl adjacent to an activating group) is 1. The summed E-state index contributed by atoms with van der Waals surface area (Å²) in [4.78, 5) is 37.4. The summed E-state index contributed by atoms with van der Waals surface area (Å²) in [5.74, 6) is -3.21. The molecule has 0 aromatic carbocycles. The van der Waals surface area contributed by atoms with Crippen molar-refractivity contribution in [2.45, 2.75) is 58.2 Å². The Morgan fingerprint density at radius 3 is 2.61 bits per heavy atom. The fraction of sp³-hybridized carbons (Fsp3) is 0.800. The lowest BCUT2D eigenvalue weighted by molar-refractivity contribution is -0.149. The molecule has 7 nitrogen and oxygen atoms in total. The SMILES string of the molecule is CCCCC(C(=O)N1CCCC1C(=O)NCC)C(F)C(=O)NO. The first-order valence-corrected chi connectivity index (χ1v) is 8.14. The second-order valence-electron chi connectivity index (χ2n) is 5.71. The molecule has 1 fully saturated rings. The van der Waals surface area contributed by atoms with E-state index in [2.05, 4.69) is 5.32 Å². The van der Waals surface area contributed by atoms with Crippen LogP contribution in [0.2, 0.25) is 0 Å². The van der Waals surface area contributed by atoms with Gasteiger partial charge in [-0.2, -0.15) is 0 Å². The number of hydroxylamine groups is 1. The van der Waals surface area contributed by atoms with Crippen molar-refractivity contribution in [2.24, 2.45) is 5.92 Å². The molecule has 0 aromatic rings. The Bertz CT molecular complexity index is 433. The number of nitrogens with one attached hydrogen (secondary N) is 2. The smallest absolute Gasteiger partial charge is 0.278 e. The van der Waals surface area contributed by atoms with E-state index in [-0.39, 0.29) is 12.3 Å². The third-order valence-corrected chi connectivity index (χ3v) is 4.09. The first-order chi connectivity index (χ1) is 11.0. The first kappa shape index (κ1) is 19.3. The largest absolute Gasteiger partial charge is 0.355 e. The van der Waals surface area contributed by atoms with Crippen molar-refractivity contribution in [1.29, 1.82) is 0 Å². The number of hydrogen-bond acceptors (Lipinski definition) is 4. The van der Waals surface area contributed by atoms with E-state index in [0.29, 0.717) is 32.4 Å². The van der Waals surface area contributed by atoms with Crippen LogP contribution in [0.25, 0.3) is 0 Å². The molecule has 3 atom stereocenters. The van der Waals surface area contributed by atoms with Gasteiger partial charge in [0, 0.05) is 13.1 Å². The number of rotatable bonds is 8. The molecule has 132 valence electrons. The average molecular weight is 331 g/mol. The molecule has 1 rings (SSSR count). The van der Waals surface area contributed by atoms with Crippen LogP contribution >= 0.6 is 0 Å². The van der Waals surface area contributed by atoms with E-state index in [0.717, 1.165) is 6.42 Å². The Kier molecular flexibility index (Phi) is 7.94. The summed E-state index contributed by atoms with van der Waals surface area (Å²) in [5, 5.41) is 11.3. The summed E-state index contributed by atoms with van der Waals surface area (Å²) in [6.07, 6.45) is 0.585. The molecule has 0 aliphatic carbocycles. The number of unbranched alkanes of at least 4 members (excludes halogenated alkanes) is 1. The zero-order chi connectivity index (χ0) is 17.4. The van der Waals surface area contributed by atoms with Crippen molar-refractivity contribution in [3.63, 3.8) is 0 Å². The Hall–Kier alpha value is -1.70. The molecule has 0 saturated carbocycles. The molecule has 0 radical (unpaired) electrons. The minimum absolute atomic E-state index is 0.197. The fourth-order valence-electron chi connectivity index (χ4n) is 2.87. The lowest BCUT2D eigenvalue weighted by Gasteiger charge is -2.29. The number of nitrogens with zero attached hydrogens (tertiary/aromatic N) is 1. The zero-order valence-corrected chi connectivity index (χ0v) is 13.7. The van der Waals surface area contributed by atoms with Crippen molar-refractivity contribution in [2.75, 3.05) is 13.1 Å². The Labute approximate surface area is 135 Å². The summed E-state index contributed by atoms with van der Waals surface area (Å²) in [7, 11) is 0.